The lowest BCUT2D eigenvalue weighted by atomic mass is 9.78. The lowest BCUT2D eigenvalue weighted by Gasteiger charge is -2.39. The van der Waals surface area contributed by atoms with Crippen LogP contribution in [0, 0.1) is 11.4 Å². The molecule has 0 bridgehead atoms. The number of pyridine rings is 1. The number of ether oxygens (including phenoxy) is 1. The Hall–Kier alpha value is -2.22. The normalized spacial score (nSPS) is 23.2. The Balaban J connectivity index is 0.00000259. The summed E-state index contributed by atoms with van der Waals surface area (Å²) in [6.07, 6.45) is 5.87. The molecule has 0 radical (unpaired) electrons. The summed E-state index contributed by atoms with van der Waals surface area (Å²) in [5, 5.41) is 6.92. The monoisotopic (exact) mass is 474 g/mol. The molecule has 1 aliphatic carbocycles. The third-order valence-electron chi connectivity index (χ3n) is 7.35. The summed E-state index contributed by atoms with van der Waals surface area (Å²) < 4.78 is 19.7. The van der Waals surface area contributed by atoms with E-state index in [4.69, 9.17) is 4.74 Å². The van der Waals surface area contributed by atoms with Crippen LogP contribution in [-0.2, 0) is 11.4 Å². The number of carbonyl (C=O) groups is 1. The highest BCUT2D eigenvalue weighted by Crippen LogP contribution is 2.45. The molecule has 3 aliphatic rings. The van der Waals surface area contributed by atoms with Crippen LogP contribution in [0.25, 0.3) is 0 Å². The summed E-state index contributed by atoms with van der Waals surface area (Å²) in [6, 6.07) is 11.6. The number of aromatic nitrogens is 1. The van der Waals surface area contributed by atoms with Crippen molar-refractivity contribution in [2.24, 2.45) is 5.41 Å². The molecule has 5 rings (SSSR count). The molecule has 1 aromatic heterocycles. The maximum atomic E-state index is 13.8. The molecule has 3 heterocycles. The third-order valence-corrected chi connectivity index (χ3v) is 7.35. The van der Waals surface area contributed by atoms with E-state index in [2.05, 4.69) is 21.7 Å². The molecule has 1 saturated carbocycles. The van der Waals surface area contributed by atoms with E-state index in [1.165, 1.54) is 12.6 Å². The highest BCUT2D eigenvalue weighted by Gasteiger charge is 2.41. The number of rotatable bonds is 7. The molecule has 2 atom stereocenters. The van der Waals surface area contributed by atoms with Crippen LogP contribution >= 0.6 is 12.4 Å². The Labute approximate surface area is 200 Å². The number of nitrogens with zero attached hydrogens (tertiary/aromatic N) is 2. The number of benzene rings is 1. The number of likely N-dealkylation sites (tertiary alicyclic amines) is 1. The summed E-state index contributed by atoms with van der Waals surface area (Å²) in [5.41, 5.74) is 1.97. The summed E-state index contributed by atoms with van der Waals surface area (Å²) in [6.45, 7) is 4.49. The first-order valence-corrected chi connectivity index (χ1v) is 11.7. The summed E-state index contributed by atoms with van der Waals surface area (Å²) in [7, 11) is 0. The van der Waals surface area contributed by atoms with E-state index in [-0.39, 0.29) is 31.0 Å². The van der Waals surface area contributed by atoms with Crippen molar-refractivity contribution in [3.05, 3.63) is 59.7 Å². The second-order valence-corrected chi connectivity index (χ2v) is 9.42. The summed E-state index contributed by atoms with van der Waals surface area (Å²) in [4.78, 5) is 18.4. The molecule has 8 heteroatoms. The van der Waals surface area contributed by atoms with Crippen molar-refractivity contribution in [2.75, 3.05) is 32.7 Å². The minimum absolute atomic E-state index is 0. The predicted molar refractivity (Wildman–Crippen MR) is 127 cm³/mol. The van der Waals surface area contributed by atoms with Gasteiger partial charge in [0.05, 0.1) is 6.54 Å². The van der Waals surface area contributed by atoms with Gasteiger partial charge in [-0.25, -0.2) is 4.98 Å². The third kappa shape index (κ3) is 5.48. The van der Waals surface area contributed by atoms with E-state index in [1.807, 2.05) is 23.1 Å². The van der Waals surface area contributed by atoms with Crippen LogP contribution in [0.4, 0.5) is 4.39 Å². The van der Waals surface area contributed by atoms with Gasteiger partial charge in [-0.2, -0.15) is 4.39 Å². The second-order valence-electron chi connectivity index (χ2n) is 9.42. The predicted octanol–water partition coefficient (Wildman–Crippen LogP) is 3.27. The maximum Gasteiger partial charge on any atom is 0.236 e. The average Bonchev–Trinajstić information content (AvgIpc) is 3.47. The summed E-state index contributed by atoms with van der Waals surface area (Å²) in [5.74, 6) is 0.783. The molecule has 1 amide bonds. The molecule has 178 valence electrons. The first-order chi connectivity index (χ1) is 15.6. The average molecular weight is 475 g/mol. The quantitative estimate of drug-likeness (QED) is 0.603. The molecular weight excluding hydrogens is 443 g/mol. The van der Waals surface area contributed by atoms with Crippen LogP contribution in [0.2, 0.25) is 0 Å². The molecule has 2 saturated heterocycles. The smallest absolute Gasteiger partial charge is 0.236 e. The van der Waals surface area contributed by atoms with Crippen molar-refractivity contribution in [2.45, 2.75) is 44.2 Å². The number of halogens is 2. The highest BCUT2D eigenvalue weighted by molar-refractivity contribution is 5.85. The van der Waals surface area contributed by atoms with Gasteiger partial charge < -0.3 is 20.3 Å². The Morgan fingerprint density at radius 2 is 2.03 bits per heavy atom. The molecule has 3 fully saturated rings. The molecule has 33 heavy (non-hydrogen) atoms. The van der Waals surface area contributed by atoms with Gasteiger partial charge in [0.2, 0.25) is 11.9 Å². The van der Waals surface area contributed by atoms with Crippen molar-refractivity contribution in [3.63, 3.8) is 0 Å². The Bertz CT molecular complexity index is 959. The first-order valence-electron chi connectivity index (χ1n) is 11.7. The Morgan fingerprint density at radius 1 is 1.21 bits per heavy atom. The van der Waals surface area contributed by atoms with E-state index >= 15 is 0 Å². The van der Waals surface area contributed by atoms with Crippen LogP contribution in [0.3, 0.4) is 0 Å². The minimum Gasteiger partial charge on any atom is -0.488 e. The SMILES string of the molecule is Cl.O=C(CN[C@@H]1C[C@H]1c1ccccc1OCc1cccnc1F)N1CCC2(CCNC2)CC1. The van der Waals surface area contributed by atoms with Crippen LogP contribution in [-0.4, -0.2) is 54.6 Å². The fourth-order valence-electron chi connectivity index (χ4n) is 5.15. The minimum atomic E-state index is -0.498. The van der Waals surface area contributed by atoms with Crippen molar-refractivity contribution < 1.29 is 13.9 Å². The van der Waals surface area contributed by atoms with E-state index in [9.17, 15) is 9.18 Å². The van der Waals surface area contributed by atoms with Crippen molar-refractivity contribution in [1.29, 1.82) is 0 Å². The molecule has 2 N–H and O–H groups in total. The largest absolute Gasteiger partial charge is 0.488 e. The number of carbonyl (C=O) groups excluding carboxylic acids is 1. The topological polar surface area (TPSA) is 66.5 Å². The van der Waals surface area contributed by atoms with Crippen molar-refractivity contribution in [3.8, 4) is 5.75 Å². The van der Waals surface area contributed by atoms with Gasteiger partial charge in [-0.1, -0.05) is 18.2 Å². The van der Waals surface area contributed by atoms with Gasteiger partial charge in [-0.15, -0.1) is 12.4 Å². The Kier molecular flexibility index (Phi) is 7.51. The molecule has 6 nitrogen and oxygen atoms in total. The lowest BCUT2D eigenvalue weighted by molar-refractivity contribution is -0.132. The van der Waals surface area contributed by atoms with Crippen LogP contribution in [0.1, 0.15) is 42.7 Å². The highest BCUT2D eigenvalue weighted by atomic mass is 35.5. The van der Waals surface area contributed by atoms with E-state index in [1.54, 1.807) is 12.1 Å². The van der Waals surface area contributed by atoms with Gasteiger partial charge in [0.1, 0.15) is 12.4 Å². The number of hydrogen-bond donors (Lipinski definition) is 2. The fourth-order valence-corrected chi connectivity index (χ4v) is 5.15. The number of hydrogen-bond acceptors (Lipinski definition) is 5. The standard InChI is InChI=1S/C25H31FN4O2.ClH/c26-24-18(4-3-10-28-24)16-32-22-6-2-1-5-19(22)20-14-21(20)29-15-23(31)30-12-8-25(9-13-30)7-11-27-17-25;/h1-6,10,20-21,27,29H,7-9,11-17H2;1H/t20-,21+;/m0./s1. The molecule has 1 spiro atoms. The maximum absolute atomic E-state index is 13.8. The summed E-state index contributed by atoms with van der Waals surface area (Å²) >= 11 is 0. The van der Waals surface area contributed by atoms with E-state index < -0.39 is 5.95 Å². The van der Waals surface area contributed by atoms with Gasteiger partial charge in [-0.3, -0.25) is 4.79 Å². The number of amides is 1. The number of para-hydroxylation sites is 1. The number of piperidine rings is 1. The Morgan fingerprint density at radius 3 is 2.79 bits per heavy atom. The van der Waals surface area contributed by atoms with Gasteiger partial charge in [-0.05, 0) is 61.4 Å². The van der Waals surface area contributed by atoms with Crippen LogP contribution in [0.5, 0.6) is 5.75 Å². The molecular formula is C25H32ClFN4O2. The van der Waals surface area contributed by atoms with Gasteiger partial charge in [0, 0.05) is 43.4 Å². The van der Waals surface area contributed by atoms with Gasteiger partial charge >= 0.3 is 0 Å². The van der Waals surface area contributed by atoms with Gasteiger partial charge in [0.15, 0.2) is 0 Å². The molecule has 2 aliphatic heterocycles. The van der Waals surface area contributed by atoms with Crippen molar-refractivity contribution in [1.82, 2.24) is 20.5 Å². The van der Waals surface area contributed by atoms with Crippen LogP contribution in [0.15, 0.2) is 42.6 Å². The number of nitrogens with one attached hydrogen (secondary N) is 2. The lowest BCUT2D eigenvalue weighted by Crippen LogP contribution is -2.47. The van der Waals surface area contributed by atoms with Crippen molar-refractivity contribution >= 4 is 18.3 Å². The second kappa shape index (κ2) is 10.4. The molecule has 1 aromatic carbocycles. The zero-order chi connectivity index (χ0) is 22.0. The molecule has 0 unspecified atom stereocenters. The van der Waals surface area contributed by atoms with E-state index in [0.717, 1.165) is 56.8 Å². The zero-order valence-corrected chi connectivity index (χ0v) is 19.6. The molecule has 2 aromatic rings. The zero-order valence-electron chi connectivity index (χ0n) is 18.8. The van der Waals surface area contributed by atoms with E-state index in [0.29, 0.717) is 23.4 Å². The first kappa shape index (κ1) is 23.9. The van der Waals surface area contributed by atoms with Gasteiger partial charge in [0.25, 0.3) is 0 Å². The van der Waals surface area contributed by atoms with Crippen LogP contribution < -0.4 is 15.4 Å². The fraction of sp³-hybridized carbons (Fsp3) is 0.520.